The second-order valence-corrected chi connectivity index (χ2v) is 7.99. The van der Waals surface area contributed by atoms with Crippen LogP contribution in [0.3, 0.4) is 0 Å². The Balaban J connectivity index is 1.38. The van der Waals surface area contributed by atoms with E-state index in [1.54, 1.807) is 18.3 Å². The van der Waals surface area contributed by atoms with Crippen LogP contribution in [-0.2, 0) is 25.8 Å². The van der Waals surface area contributed by atoms with E-state index < -0.39 is 0 Å². The molecule has 5 rings (SSSR count). The van der Waals surface area contributed by atoms with Crippen LogP contribution in [0.1, 0.15) is 28.3 Å². The van der Waals surface area contributed by atoms with Crippen molar-refractivity contribution in [2.75, 3.05) is 11.9 Å². The van der Waals surface area contributed by atoms with Crippen molar-refractivity contribution < 1.29 is 4.39 Å². The molecule has 2 N–H and O–H groups in total. The summed E-state index contributed by atoms with van der Waals surface area (Å²) >= 11 is 0. The maximum atomic E-state index is 13.6. The number of nitrogens with zero attached hydrogens (tertiary/aromatic N) is 4. The van der Waals surface area contributed by atoms with Crippen molar-refractivity contribution in [1.29, 1.82) is 0 Å². The van der Waals surface area contributed by atoms with Crippen molar-refractivity contribution in [2.45, 2.75) is 32.7 Å². The number of hydrogen-bond donors (Lipinski definition) is 2. The Morgan fingerprint density at radius 1 is 1.09 bits per heavy atom. The number of anilines is 2. The van der Waals surface area contributed by atoms with E-state index in [0.29, 0.717) is 5.95 Å². The molecule has 0 radical (unpaired) electrons. The molecule has 32 heavy (non-hydrogen) atoms. The normalized spacial score (nSPS) is 13.1. The quantitative estimate of drug-likeness (QED) is 0.480. The van der Waals surface area contributed by atoms with Crippen molar-refractivity contribution in [2.24, 2.45) is 0 Å². The van der Waals surface area contributed by atoms with Gasteiger partial charge in [-0.15, -0.1) is 0 Å². The monoisotopic (exact) mass is 428 g/mol. The van der Waals surface area contributed by atoms with E-state index in [1.807, 2.05) is 48.0 Å². The molecule has 0 bridgehead atoms. The Hall–Kier alpha value is -3.58. The number of halogens is 1. The minimum Gasteiger partial charge on any atom is -0.324 e. The van der Waals surface area contributed by atoms with E-state index in [2.05, 4.69) is 15.6 Å². The molecule has 0 unspecified atom stereocenters. The lowest BCUT2D eigenvalue weighted by atomic mass is 10.0. The van der Waals surface area contributed by atoms with Crippen LogP contribution in [0.15, 0.2) is 60.9 Å². The van der Waals surface area contributed by atoms with Crippen LogP contribution in [0.2, 0.25) is 0 Å². The van der Waals surface area contributed by atoms with Crippen LogP contribution in [0.4, 0.5) is 16.0 Å². The van der Waals surface area contributed by atoms with Gasteiger partial charge in [0.15, 0.2) is 0 Å². The Kier molecular flexibility index (Phi) is 5.64. The van der Waals surface area contributed by atoms with E-state index in [1.165, 1.54) is 11.6 Å². The van der Waals surface area contributed by atoms with Gasteiger partial charge in [-0.05, 0) is 61.7 Å². The number of aryl methyl sites for hydroxylation is 3. The standard InChI is InChI=1S/C25H25FN6/c1-17-28-13-14-32(17)21-8-6-20(7-9-21)29-25-30-23(22-16-27-12-11-24(22)31-25)10-5-18-3-2-4-19(26)15-18/h2-4,6-9,13-15,27H,5,10-12,16H2,1H3,(H,29,30,31). The molecule has 0 spiro atoms. The lowest BCUT2D eigenvalue weighted by Gasteiger charge is -2.20. The number of imidazole rings is 1. The first-order valence-electron chi connectivity index (χ1n) is 10.9. The molecule has 1 aliphatic rings. The number of aromatic nitrogens is 4. The van der Waals surface area contributed by atoms with E-state index >= 15 is 0 Å². The molecule has 3 heterocycles. The number of hydrogen-bond acceptors (Lipinski definition) is 5. The highest BCUT2D eigenvalue weighted by Crippen LogP contribution is 2.23. The summed E-state index contributed by atoms with van der Waals surface area (Å²) in [6.07, 6.45) is 6.09. The minimum atomic E-state index is -0.203. The van der Waals surface area contributed by atoms with Crippen molar-refractivity contribution in [3.8, 4) is 5.69 Å². The molecule has 0 aliphatic carbocycles. The molecular formula is C25H25FN6. The van der Waals surface area contributed by atoms with Gasteiger partial charge in [-0.1, -0.05) is 12.1 Å². The number of rotatable bonds is 6. The molecule has 1 aliphatic heterocycles. The van der Waals surface area contributed by atoms with Crippen LogP contribution < -0.4 is 10.6 Å². The third kappa shape index (κ3) is 4.38. The summed E-state index contributed by atoms with van der Waals surface area (Å²) in [7, 11) is 0. The molecule has 0 saturated carbocycles. The Labute approximate surface area is 186 Å². The number of nitrogens with one attached hydrogen (secondary N) is 2. The molecule has 2 aromatic carbocycles. The summed E-state index contributed by atoms with van der Waals surface area (Å²) < 4.78 is 15.6. The zero-order valence-corrected chi connectivity index (χ0v) is 18.0. The molecule has 0 fully saturated rings. The average molecular weight is 429 g/mol. The van der Waals surface area contributed by atoms with Gasteiger partial charge in [-0.25, -0.2) is 19.3 Å². The smallest absolute Gasteiger partial charge is 0.227 e. The highest BCUT2D eigenvalue weighted by molar-refractivity contribution is 5.56. The summed E-state index contributed by atoms with van der Waals surface area (Å²) in [4.78, 5) is 13.9. The van der Waals surface area contributed by atoms with Gasteiger partial charge in [0.25, 0.3) is 0 Å². The summed E-state index contributed by atoms with van der Waals surface area (Å²) in [6.45, 7) is 3.66. The molecule has 6 nitrogen and oxygen atoms in total. The first-order valence-corrected chi connectivity index (χ1v) is 10.9. The van der Waals surface area contributed by atoms with Crippen LogP contribution in [-0.4, -0.2) is 26.1 Å². The van der Waals surface area contributed by atoms with Gasteiger partial charge in [0, 0.05) is 48.8 Å². The van der Waals surface area contributed by atoms with E-state index in [0.717, 1.165) is 66.5 Å². The molecule has 2 aromatic heterocycles. The maximum Gasteiger partial charge on any atom is 0.227 e. The van der Waals surface area contributed by atoms with Crippen LogP contribution >= 0.6 is 0 Å². The Morgan fingerprint density at radius 3 is 2.75 bits per heavy atom. The van der Waals surface area contributed by atoms with E-state index in [9.17, 15) is 4.39 Å². The number of benzene rings is 2. The highest BCUT2D eigenvalue weighted by atomic mass is 19.1. The van der Waals surface area contributed by atoms with E-state index in [-0.39, 0.29) is 5.82 Å². The second kappa shape index (κ2) is 8.88. The SMILES string of the molecule is Cc1nccn1-c1ccc(Nc2nc3c(c(CCc4cccc(F)c4)n2)CNCC3)cc1. The van der Waals surface area contributed by atoms with E-state index in [4.69, 9.17) is 9.97 Å². The fourth-order valence-electron chi connectivity index (χ4n) is 4.12. The van der Waals surface area contributed by atoms with Crippen LogP contribution in [0.5, 0.6) is 0 Å². The fraction of sp³-hybridized carbons (Fsp3) is 0.240. The molecule has 0 atom stereocenters. The summed E-state index contributed by atoms with van der Waals surface area (Å²) in [5.74, 6) is 1.34. The zero-order valence-electron chi connectivity index (χ0n) is 18.0. The third-order valence-electron chi connectivity index (χ3n) is 5.79. The lowest BCUT2D eigenvalue weighted by molar-refractivity contribution is 0.614. The largest absolute Gasteiger partial charge is 0.324 e. The summed E-state index contributed by atoms with van der Waals surface area (Å²) in [5.41, 5.74) is 6.22. The highest BCUT2D eigenvalue weighted by Gasteiger charge is 2.18. The minimum absolute atomic E-state index is 0.203. The van der Waals surface area contributed by atoms with Crippen LogP contribution in [0.25, 0.3) is 5.69 Å². The van der Waals surface area contributed by atoms with Crippen molar-refractivity contribution in [1.82, 2.24) is 24.8 Å². The molecule has 4 aromatic rings. The number of fused-ring (bicyclic) bond motifs is 1. The Bertz CT molecular complexity index is 1230. The fourth-order valence-corrected chi connectivity index (χ4v) is 4.12. The topological polar surface area (TPSA) is 67.7 Å². The third-order valence-corrected chi connectivity index (χ3v) is 5.79. The summed E-state index contributed by atoms with van der Waals surface area (Å²) in [6, 6.07) is 14.9. The summed E-state index contributed by atoms with van der Waals surface area (Å²) in [5, 5.41) is 6.78. The first kappa shape index (κ1) is 20.3. The molecule has 162 valence electrons. The molecule has 0 saturated heterocycles. The maximum absolute atomic E-state index is 13.6. The predicted molar refractivity (Wildman–Crippen MR) is 123 cm³/mol. The Morgan fingerprint density at radius 2 is 1.97 bits per heavy atom. The van der Waals surface area contributed by atoms with Gasteiger partial charge in [0.1, 0.15) is 11.6 Å². The molecule has 7 heteroatoms. The average Bonchev–Trinajstić information content (AvgIpc) is 3.24. The van der Waals surface area contributed by atoms with Gasteiger partial charge in [-0.2, -0.15) is 0 Å². The second-order valence-electron chi connectivity index (χ2n) is 7.99. The van der Waals surface area contributed by atoms with Gasteiger partial charge in [0.2, 0.25) is 5.95 Å². The van der Waals surface area contributed by atoms with Crippen molar-refractivity contribution in [3.63, 3.8) is 0 Å². The predicted octanol–water partition coefficient (Wildman–Crippen LogP) is 4.28. The molecule has 0 amide bonds. The molecular weight excluding hydrogens is 403 g/mol. The van der Waals surface area contributed by atoms with Gasteiger partial charge < -0.3 is 15.2 Å². The van der Waals surface area contributed by atoms with Crippen molar-refractivity contribution >= 4 is 11.6 Å². The lowest BCUT2D eigenvalue weighted by Crippen LogP contribution is -2.27. The van der Waals surface area contributed by atoms with Gasteiger partial charge in [0.05, 0.1) is 11.4 Å². The first-order chi connectivity index (χ1) is 15.7. The zero-order chi connectivity index (χ0) is 21.9. The van der Waals surface area contributed by atoms with Gasteiger partial charge in [-0.3, -0.25) is 0 Å². The van der Waals surface area contributed by atoms with Crippen LogP contribution in [0, 0.1) is 12.7 Å². The van der Waals surface area contributed by atoms with Gasteiger partial charge >= 0.3 is 0 Å². The van der Waals surface area contributed by atoms with Crippen molar-refractivity contribution in [3.05, 3.63) is 95.1 Å².